The molecule has 4 nitrogen and oxygen atoms in total. The predicted molar refractivity (Wildman–Crippen MR) is 88.4 cm³/mol. The molecule has 1 aromatic carbocycles. The smallest absolute Gasteiger partial charge is 0.253 e. The number of nitriles is 1. The van der Waals surface area contributed by atoms with Crippen LogP contribution in [-0.2, 0) is 0 Å². The van der Waals surface area contributed by atoms with Crippen LogP contribution in [0.25, 0.3) is 0 Å². The van der Waals surface area contributed by atoms with Crippen LogP contribution in [0.5, 0.6) is 0 Å². The number of carbonyl (C=O) groups is 2. The van der Waals surface area contributed by atoms with Crippen molar-refractivity contribution in [2.24, 2.45) is 5.92 Å². The third-order valence-electron chi connectivity index (χ3n) is 4.16. The van der Waals surface area contributed by atoms with Gasteiger partial charge in [-0.3, -0.25) is 9.59 Å². The number of rotatable bonds is 3. The molecule has 0 unspecified atom stereocenters. The highest BCUT2D eigenvalue weighted by atomic mass is 32.1. The molecule has 0 atom stereocenters. The van der Waals surface area contributed by atoms with Crippen molar-refractivity contribution in [1.29, 1.82) is 5.26 Å². The molecule has 5 heteroatoms. The van der Waals surface area contributed by atoms with Gasteiger partial charge in [-0.1, -0.05) is 12.1 Å². The van der Waals surface area contributed by atoms with Crippen LogP contribution < -0.4 is 0 Å². The highest BCUT2D eigenvalue weighted by molar-refractivity contribution is 7.12. The number of thiophene rings is 1. The lowest BCUT2D eigenvalue weighted by Gasteiger charge is -2.31. The van der Waals surface area contributed by atoms with E-state index in [4.69, 9.17) is 5.26 Å². The second-order valence-corrected chi connectivity index (χ2v) is 6.55. The van der Waals surface area contributed by atoms with E-state index in [1.165, 1.54) is 11.3 Å². The first-order chi connectivity index (χ1) is 11.2. The van der Waals surface area contributed by atoms with Gasteiger partial charge in [-0.2, -0.15) is 5.26 Å². The van der Waals surface area contributed by atoms with Crippen LogP contribution in [-0.4, -0.2) is 29.7 Å². The average molecular weight is 324 g/mol. The van der Waals surface area contributed by atoms with Gasteiger partial charge < -0.3 is 4.90 Å². The van der Waals surface area contributed by atoms with E-state index < -0.39 is 0 Å². The lowest BCUT2D eigenvalue weighted by molar-refractivity contribution is 0.0651. The van der Waals surface area contributed by atoms with E-state index in [-0.39, 0.29) is 17.6 Å². The van der Waals surface area contributed by atoms with E-state index >= 15 is 0 Å². The molecule has 1 aliphatic rings. The molecule has 2 heterocycles. The van der Waals surface area contributed by atoms with Crippen LogP contribution in [0.2, 0.25) is 0 Å². The summed E-state index contributed by atoms with van der Waals surface area (Å²) >= 11 is 1.47. The zero-order valence-electron chi connectivity index (χ0n) is 12.6. The van der Waals surface area contributed by atoms with Crippen molar-refractivity contribution in [3.63, 3.8) is 0 Å². The molecule has 0 aliphatic carbocycles. The molecule has 1 aromatic heterocycles. The molecule has 2 aromatic rings. The van der Waals surface area contributed by atoms with E-state index in [1.54, 1.807) is 29.2 Å². The van der Waals surface area contributed by atoms with Crippen LogP contribution in [0.4, 0.5) is 0 Å². The van der Waals surface area contributed by atoms with E-state index in [1.807, 2.05) is 23.6 Å². The Bertz CT molecular complexity index is 754. The summed E-state index contributed by atoms with van der Waals surface area (Å²) < 4.78 is 0. The Morgan fingerprint density at radius 3 is 2.61 bits per heavy atom. The molecular weight excluding hydrogens is 308 g/mol. The lowest BCUT2D eigenvalue weighted by atomic mass is 9.91. The summed E-state index contributed by atoms with van der Waals surface area (Å²) in [4.78, 5) is 27.4. The number of likely N-dealkylation sites (tertiary alicyclic amines) is 1. The molecule has 0 spiro atoms. The van der Waals surface area contributed by atoms with Crippen LogP contribution in [0.3, 0.4) is 0 Å². The van der Waals surface area contributed by atoms with Gasteiger partial charge in [-0.25, -0.2) is 0 Å². The molecule has 1 aliphatic heterocycles. The number of benzene rings is 1. The quantitative estimate of drug-likeness (QED) is 0.813. The van der Waals surface area contributed by atoms with Crippen molar-refractivity contribution in [1.82, 2.24) is 4.90 Å². The van der Waals surface area contributed by atoms with Gasteiger partial charge in [0.15, 0.2) is 5.78 Å². The molecule has 23 heavy (non-hydrogen) atoms. The predicted octanol–water partition coefficient (Wildman–Crippen LogP) is 3.35. The van der Waals surface area contributed by atoms with E-state index in [9.17, 15) is 9.59 Å². The SMILES string of the molecule is N#Cc1cccc(C(=O)N2CCC(C(=O)c3cccs3)CC2)c1. The first kappa shape index (κ1) is 15.4. The van der Waals surface area contributed by atoms with Gasteiger partial charge in [-0.15, -0.1) is 11.3 Å². The zero-order chi connectivity index (χ0) is 16.2. The molecule has 1 saturated heterocycles. The van der Waals surface area contributed by atoms with Gasteiger partial charge in [0.2, 0.25) is 0 Å². The van der Waals surface area contributed by atoms with Crippen molar-refractivity contribution in [3.8, 4) is 6.07 Å². The molecular formula is C18H16N2O2S. The summed E-state index contributed by atoms with van der Waals surface area (Å²) in [6.07, 6.45) is 1.39. The standard InChI is InChI=1S/C18H16N2O2S/c19-12-13-3-1-4-15(11-13)18(22)20-8-6-14(7-9-20)17(21)16-5-2-10-23-16/h1-5,10-11,14H,6-9H2. The van der Waals surface area contributed by atoms with Crippen molar-refractivity contribution in [2.45, 2.75) is 12.8 Å². The molecule has 0 N–H and O–H groups in total. The molecule has 0 radical (unpaired) electrons. The second kappa shape index (κ2) is 6.76. The molecule has 1 fully saturated rings. The number of nitrogens with zero attached hydrogens (tertiary/aromatic N) is 2. The lowest BCUT2D eigenvalue weighted by Crippen LogP contribution is -2.40. The van der Waals surface area contributed by atoms with Crippen molar-refractivity contribution >= 4 is 23.0 Å². The minimum absolute atomic E-state index is 0.00291. The van der Waals surface area contributed by atoms with E-state index in [0.717, 1.165) is 4.88 Å². The van der Waals surface area contributed by atoms with E-state index in [0.29, 0.717) is 37.1 Å². The minimum Gasteiger partial charge on any atom is -0.339 e. The Hall–Kier alpha value is -2.45. The van der Waals surface area contributed by atoms with Gasteiger partial charge in [0.25, 0.3) is 5.91 Å². The van der Waals surface area contributed by atoms with Crippen LogP contribution in [0, 0.1) is 17.2 Å². The first-order valence-corrected chi connectivity index (χ1v) is 8.44. The third-order valence-corrected chi connectivity index (χ3v) is 5.04. The van der Waals surface area contributed by atoms with Gasteiger partial charge in [0.1, 0.15) is 0 Å². The summed E-state index contributed by atoms with van der Waals surface area (Å²) in [5, 5.41) is 10.8. The maximum absolute atomic E-state index is 12.5. The van der Waals surface area contributed by atoms with Crippen LogP contribution >= 0.6 is 11.3 Å². The summed E-state index contributed by atoms with van der Waals surface area (Å²) in [6, 6.07) is 12.5. The fourth-order valence-corrected chi connectivity index (χ4v) is 3.61. The van der Waals surface area contributed by atoms with Gasteiger partial charge in [0, 0.05) is 24.6 Å². The van der Waals surface area contributed by atoms with Gasteiger partial charge in [0.05, 0.1) is 16.5 Å². The topological polar surface area (TPSA) is 61.2 Å². The largest absolute Gasteiger partial charge is 0.339 e. The molecule has 3 rings (SSSR count). The number of Topliss-reactive ketones (excluding diaryl/α,β-unsaturated/α-hetero) is 1. The normalized spacial score (nSPS) is 15.2. The second-order valence-electron chi connectivity index (χ2n) is 5.60. The highest BCUT2D eigenvalue weighted by Gasteiger charge is 2.28. The number of piperidine rings is 1. The Labute approximate surface area is 139 Å². The maximum atomic E-state index is 12.5. The summed E-state index contributed by atoms with van der Waals surface area (Å²) in [7, 11) is 0. The molecule has 116 valence electrons. The fraction of sp³-hybridized carbons (Fsp3) is 0.278. The third kappa shape index (κ3) is 3.33. The first-order valence-electron chi connectivity index (χ1n) is 7.56. The van der Waals surface area contributed by atoms with Crippen LogP contribution in [0.1, 0.15) is 38.4 Å². The maximum Gasteiger partial charge on any atom is 0.253 e. The number of carbonyl (C=O) groups excluding carboxylic acids is 2. The molecule has 1 amide bonds. The van der Waals surface area contributed by atoms with Crippen molar-refractivity contribution in [3.05, 3.63) is 57.8 Å². The number of hydrogen-bond donors (Lipinski definition) is 0. The fourth-order valence-electron chi connectivity index (χ4n) is 2.87. The summed E-state index contributed by atoms with van der Waals surface area (Å²) in [6.45, 7) is 1.16. The Balaban J connectivity index is 1.63. The number of amides is 1. The van der Waals surface area contributed by atoms with Crippen molar-refractivity contribution in [2.75, 3.05) is 13.1 Å². The summed E-state index contributed by atoms with van der Waals surface area (Å²) in [5.74, 6) is 0.130. The average Bonchev–Trinajstić information content (AvgIpc) is 3.15. The highest BCUT2D eigenvalue weighted by Crippen LogP contribution is 2.25. The Kier molecular flexibility index (Phi) is 4.54. The monoisotopic (exact) mass is 324 g/mol. The Morgan fingerprint density at radius 2 is 1.96 bits per heavy atom. The van der Waals surface area contributed by atoms with Gasteiger partial charge in [-0.05, 0) is 42.5 Å². The molecule has 0 saturated carbocycles. The van der Waals surface area contributed by atoms with E-state index in [2.05, 4.69) is 0 Å². The Morgan fingerprint density at radius 1 is 1.17 bits per heavy atom. The molecule has 0 bridgehead atoms. The van der Waals surface area contributed by atoms with Crippen LogP contribution in [0.15, 0.2) is 41.8 Å². The minimum atomic E-state index is -0.0656. The number of hydrogen-bond acceptors (Lipinski definition) is 4. The zero-order valence-corrected chi connectivity index (χ0v) is 13.4. The number of ketones is 1. The van der Waals surface area contributed by atoms with Gasteiger partial charge >= 0.3 is 0 Å². The van der Waals surface area contributed by atoms with Crippen molar-refractivity contribution < 1.29 is 9.59 Å². The summed E-state index contributed by atoms with van der Waals surface area (Å²) in [5.41, 5.74) is 1.02.